The third kappa shape index (κ3) is 4.48. The molecule has 1 heterocycles. The maximum atomic E-state index is 12.7. The second-order valence-corrected chi connectivity index (χ2v) is 6.52. The molecule has 8 nitrogen and oxygen atoms in total. The van der Waals surface area contributed by atoms with Gasteiger partial charge in [-0.3, -0.25) is 20.2 Å². The molecule has 0 saturated heterocycles. The molecule has 0 bridgehead atoms. The number of aryl methyl sites for hydroxylation is 1. The lowest BCUT2D eigenvalue weighted by Gasteiger charge is -2.22. The molecule has 29 heavy (non-hydrogen) atoms. The summed E-state index contributed by atoms with van der Waals surface area (Å²) in [7, 11) is 4.42. The van der Waals surface area contributed by atoms with Crippen LogP contribution in [0.25, 0.3) is 0 Å². The molecule has 0 aliphatic carbocycles. The summed E-state index contributed by atoms with van der Waals surface area (Å²) in [5, 5.41) is 5.24. The number of carbonyl (C=O) groups excluding carboxylic acids is 2. The molecule has 0 radical (unpaired) electrons. The van der Waals surface area contributed by atoms with Crippen LogP contribution in [-0.2, 0) is 4.79 Å². The van der Waals surface area contributed by atoms with E-state index >= 15 is 0 Å². The second kappa shape index (κ2) is 8.64. The Morgan fingerprint density at radius 1 is 1.07 bits per heavy atom. The van der Waals surface area contributed by atoms with Crippen LogP contribution in [0, 0.1) is 6.92 Å². The van der Waals surface area contributed by atoms with Gasteiger partial charge < -0.3 is 14.2 Å². The van der Waals surface area contributed by atoms with E-state index in [0.29, 0.717) is 17.2 Å². The molecule has 3 rings (SSSR count). The van der Waals surface area contributed by atoms with Crippen LogP contribution in [0.2, 0.25) is 0 Å². The summed E-state index contributed by atoms with van der Waals surface area (Å²) in [6, 6.07) is 10.5. The van der Waals surface area contributed by atoms with Crippen molar-refractivity contribution in [3.8, 4) is 17.2 Å². The fraction of sp³-hybridized carbons (Fsp3) is 0.286. The van der Waals surface area contributed by atoms with Crippen LogP contribution in [0.4, 0.5) is 0 Å². The van der Waals surface area contributed by atoms with Crippen molar-refractivity contribution in [1.82, 2.24) is 10.6 Å². The Balaban J connectivity index is 1.85. The SMILES string of the molecule is COc1cc(C(=O)NC2=N[C@@H](c3ccc(C)cc3)CC(=O)N2)cc(OC)c1OC. The molecule has 2 N–H and O–H groups in total. The number of ether oxygens (including phenoxy) is 3. The Labute approximate surface area is 168 Å². The first kappa shape index (κ1) is 20.2. The molecule has 2 amide bonds. The van der Waals surface area contributed by atoms with Crippen molar-refractivity contribution in [3.63, 3.8) is 0 Å². The minimum Gasteiger partial charge on any atom is -0.493 e. The highest BCUT2D eigenvalue weighted by molar-refractivity contribution is 6.11. The number of hydrogen-bond acceptors (Lipinski definition) is 6. The number of nitrogens with zero attached hydrogens (tertiary/aromatic N) is 1. The van der Waals surface area contributed by atoms with Crippen LogP contribution in [0.1, 0.15) is 33.9 Å². The fourth-order valence-corrected chi connectivity index (χ4v) is 3.03. The summed E-state index contributed by atoms with van der Waals surface area (Å²) < 4.78 is 15.8. The molecule has 0 aromatic heterocycles. The number of guanidine groups is 1. The molecule has 0 fully saturated rings. The van der Waals surface area contributed by atoms with Gasteiger partial charge >= 0.3 is 0 Å². The summed E-state index contributed by atoms with van der Waals surface area (Å²) in [4.78, 5) is 29.4. The predicted molar refractivity (Wildman–Crippen MR) is 108 cm³/mol. The van der Waals surface area contributed by atoms with Crippen molar-refractivity contribution < 1.29 is 23.8 Å². The molecule has 1 atom stereocenters. The Kier molecular flexibility index (Phi) is 6.01. The van der Waals surface area contributed by atoms with Crippen LogP contribution >= 0.6 is 0 Å². The Hall–Kier alpha value is -3.55. The summed E-state index contributed by atoms with van der Waals surface area (Å²) in [6.07, 6.45) is 0.215. The lowest BCUT2D eigenvalue weighted by Crippen LogP contribution is -2.47. The first-order valence-corrected chi connectivity index (χ1v) is 9.00. The smallest absolute Gasteiger partial charge is 0.258 e. The van der Waals surface area contributed by atoms with Gasteiger partial charge in [0, 0.05) is 5.56 Å². The average molecular weight is 397 g/mol. The van der Waals surface area contributed by atoms with E-state index in [9.17, 15) is 9.59 Å². The highest BCUT2D eigenvalue weighted by Crippen LogP contribution is 2.38. The third-order valence-corrected chi connectivity index (χ3v) is 4.54. The topological polar surface area (TPSA) is 98.2 Å². The normalized spacial score (nSPS) is 15.8. The monoisotopic (exact) mass is 397 g/mol. The summed E-state index contributed by atoms with van der Waals surface area (Å²) >= 11 is 0. The number of carbonyl (C=O) groups is 2. The van der Waals surface area contributed by atoms with Crippen molar-refractivity contribution in [1.29, 1.82) is 0 Å². The van der Waals surface area contributed by atoms with Crippen LogP contribution in [0.5, 0.6) is 17.2 Å². The summed E-state index contributed by atoms with van der Waals surface area (Å²) in [6.45, 7) is 1.99. The van der Waals surface area contributed by atoms with Crippen molar-refractivity contribution >= 4 is 17.8 Å². The zero-order valence-electron chi connectivity index (χ0n) is 16.7. The number of benzene rings is 2. The molecule has 152 valence electrons. The van der Waals surface area contributed by atoms with Crippen molar-refractivity contribution in [2.45, 2.75) is 19.4 Å². The zero-order valence-corrected chi connectivity index (χ0v) is 16.7. The number of amides is 2. The maximum absolute atomic E-state index is 12.7. The minimum atomic E-state index is -0.465. The number of rotatable bonds is 5. The average Bonchev–Trinajstić information content (AvgIpc) is 2.72. The molecular weight excluding hydrogens is 374 g/mol. The molecule has 1 aliphatic heterocycles. The largest absolute Gasteiger partial charge is 0.493 e. The van der Waals surface area contributed by atoms with Crippen LogP contribution in [-0.4, -0.2) is 39.1 Å². The van der Waals surface area contributed by atoms with Gasteiger partial charge in [0.25, 0.3) is 5.91 Å². The van der Waals surface area contributed by atoms with Crippen molar-refractivity contribution in [2.75, 3.05) is 21.3 Å². The predicted octanol–water partition coefficient (Wildman–Crippen LogP) is 2.37. The zero-order chi connectivity index (χ0) is 21.0. The van der Waals surface area contributed by atoms with Crippen LogP contribution in [0.3, 0.4) is 0 Å². The minimum absolute atomic E-state index is 0.102. The standard InChI is InChI=1S/C21H23N3O5/c1-12-5-7-13(8-6-12)15-11-18(25)23-21(22-15)24-20(26)14-9-16(27-2)19(29-4)17(10-14)28-3/h5-10,15H,11H2,1-4H3,(H2,22,23,24,25,26)/t15-/m1/s1. The van der Waals surface area contributed by atoms with E-state index in [4.69, 9.17) is 14.2 Å². The first-order chi connectivity index (χ1) is 13.9. The highest BCUT2D eigenvalue weighted by Gasteiger charge is 2.24. The van der Waals surface area contributed by atoms with Gasteiger partial charge in [-0.15, -0.1) is 0 Å². The van der Waals surface area contributed by atoms with E-state index in [1.165, 1.54) is 33.5 Å². The van der Waals surface area contributed by atoms with Crippen molar-refractivity contribution in [2.24, 2.45) is 4.99 Å². The molecule has 0 unspecified atom stereocenters. The van der Waals surface area contributed by atoms with E-state index < -0.39 is 5.91 Å². The number of aliphatic imine (C=N–C) groups is 1. The highest BCUT2D eigenvalue weighted by atomic mass is 16.5. The molecule has 2 aromatic carbocycles. The molecule has 1 aliphatic rings. The van der Waals surface area contributed by atoms with Crippen LogP contribution in [0.15, 0.2) is 41.4 Å². The Morgan fingerprint density at radius 3 is 2.24 bits per heavy atom. The fourth-order valence-electron chi connectivity index (χ4n) is 3.03. The summed E-state index contributed by atoms with van der Waals surface area (Å²) in [5.41, 5.74) is 2.30. The lowest BCUT2D eigenvalue weighted by atomic mass is 10.0. The van der Waals surface area contributed by atoms with Crippen molar-refractivity contribution in [3.05, 3.63) is 53.1 Å². The number of methoxy groups -OCH3 is 3. The van der Waals surface area contributed by atoms with E-state index in [1.54, 1.807) is 0 Å². The molecule has 0 saturated carbocycles. The van der Waals surface area contributed by atoms with E-state index in [-0.39, 0.29) is 29.9 Å². The number of nitrogens with one attached hydrogen (secondary N) is 2. The van der Waals surface area contributed by atoms with E-state index in [2.05, 4.69) is 15.6 Å². The molecular formula is C21H23N3O5. The second-order valence-electron chi connectivity index (χ2n) is 6.52. The van der Waals surface area contributed by atoms with Gasteiger partial charge in [-0.25, -0.2) is 4.99 Å². The van der Waals surface area contributed by atoms with Gasteiger partial charge in [0.2, 0.25) is 17.6 Å². The van der Waals surface area contributed by atoms with Crippen LogP contribution < -0.4 is 24.8 Å². The summed E-state index contributed by atoms with van der Waals surface area (Å²) in [5.74, 6) is 0.506. The quantitative estimate of drug-likeness (QED) is 0.807. The van der Waals surface area contributed by atoms with Gasteiger partial charge in [0.15, 0.2) is 11.5 Å². The maximum Gasteiger partial charge on any atom is 0.258 e. The molecule has 8 heteroatoms. The number of hydrogen-bond donors (Lipinski definition) is 2. The molecule has 0 spiro atoms. The van der Waals surface area contributed by atoms with Gasteiger partial charge in [0.05, 0.1) is 33.8 Å². The molecule has 2 aromatic rings. The Morgan fingerprint density at radius 2 is 1.69 bits per heavy atom. The third-order valence-electron chi connectivity index (χ3n) is 4.54. The first-order valence-electron chi connectivity index (χ1n) is 9.00. The lowest BCUT2D eigenvalue weighted by molar-refractivity contribution is -0.120. The van der Waals surface area contributed by atoms with E-state index in [1.807, 2.05) is 31.2 Å². The van der Waals surface area contributed by atoms with Gasteiger partial charge in [-0.2, -0.15) is 0 Å². The van der Waals surface area contributed by atoms with Gasteiger partial charge in [-0.05, 0) is 24.6 Å². The van der Waals surface area contributed by atoms with E-state index in [0.717, 1.165) is 11.1 Å². The van der Waals surface area contributed by atoms with Gasteiger partial charge in [-0.1, -0.05) is 29.8 Å². The van der Waals surface area contributed by atoms with Gasteiger partial charge in [0.1, 0.15) is 0 Å². The Bertz CT molecular complexity index is 928.